The summed E-state index contributed by atoms with van der Waals surface area (Å²) in [5, 5.41) is 15.5. The molecule has 8 heteroatoms. The molecule has 2 N–H and O–H groups in total. The summed E-state index contributed by atoms with van der Waals surface area (Å²) in [6, 6.07) is 20.2. The van der Waals surface area contributed by atoms with Crippen molar-refractivity contribution in [2.75, 3.05) is 0 Å². The fourth-order valence-corrected chi connectivity index (χ4v) is 4.92. The van der Waals surface area contributed by atoms with Crippen LogP contribution in [-0.4, -0.2) is 23.0 Å². The van der Waals surface area contributed by atoms with Gasteiger partial charge in [0.25, 0.3) is 5.91 Å². The summed E-state index contributed by atoms with van der Waals surface area (Å²) in [5.74, 6) is -1.81. The van der Waals surface area contributed by atoms with Gasteiger partial charge in [0.1, 0.15) is 6.04 Å². The Morgan fingerprint density at radius 2 is 1.32 bits per heavy atom. The van der Waals surface area contributed by atoms with Crippen molar-refractivity contribution < 1.29 is 14.7 Å². The zero-order chi connectivity index (χ0) is 24.4. The summed E-state index contributed by atoms with van der Waals surface area (Å²) in [5.41, 5.74) is 2.42. The second-order valence-electron chi connectivity index (χ2n) is 7.66. The van der Waals surface area contributed by atoms with Crippen molar-refractivity contribution in [1.29, 1.82) is 0 Å². The van der Waals surface area contributed by atoms with Gasteiger partial charge in [-0.2, -0.15) is 0 Å². The second kappa shape index (κ2) is 10.2. The molecule has 0 aliphatic rings. The van der Waals surface area contributed by atoms with Crippen LogP contribution in [0.15, 0.2) is 72.8 Å². The lowest BCUT2D eigenvalue weighted by Gasteiger charge is -2.16. The Morgan fingerprint density at radius 1 is 0.765 bits per heavy atom. The van der Waals surface area contributed by atoms with Gasteiger partial charge in [0.05, 0.1) is 15.6 Å². The van der Waals surface area contributed by atoms with Gasteiger partial charge in [-0.15, -0.1) is 0 Å². The number of fused-ring (bicyclic) bond motifs is 1. The van der Waals surface area contributed by atoms with Crippen LogP contribution in [0, 0.1) is 0 Å². The molecule has 0 radical (unpaired) electrons. The SMILES string of the molecule is O=C(NC(Cc1ccc2cc(-c3c(Cl)cccc3Cl)ccc2c1)C(=O)O)c1c(Cl)cccc1Cl. The van der Waals surface area contributed by atoms with E-state index in [2.05, 4.69) is 5.32 Å². The second-order valence-corrected chi connectivity index (χ2v) is 9.29. The smallest absolute Gasteiger partial charge is 0.326 e. The molecular formula is C26H17Cl4NO3. The van der Waals surface area contributed by atoms with E-state index < -0.39 is 17.9 Å². The van der Waals surface area contributed by atoms with Crippen LogP contribution < -0.4 is 5.32 Å². The van der Waals surface area contributed by atoms with Gasteiger partial charge in [-0.05, 0) is 52.2 Å². The molecule has 0 heterocycles. The highest BCUT2D eigenvalue weighted by atomic mass is 35.5. The van der Waals surface area contributed by atoms with E-state index in [1.807, 2.05) is 36.4 Å². The van der Waals surface area contributed by atoms with Crippen molar-refractivity contribution in [2.24, 2.45) is 0 Å². The Balaban J connectivity index is 1.59. The minimum atomic E-state index is -1.17. The van der Waals surface area contributed by atoms with E-state index in [1.54, 1.807) is 24.3 Å². The van der Waals surface area contributed by atoms with Gasteiger partial charge in [-0.1, -0.05) is 88.9 Å². The number of benzene rings is 4. The van der Waals surface area contributed by atoms with Gasteiger partial charge in [0, 0.05) is 22.0 Å². The molecule has 1 atom stereocenters. The molecule has 172 valence electrons. The summed E-state index contributed by atoms with van der Waals surface area (Å²) in [4.78, 5) is 24.5. The van der Waals surface area contributed by atoms with E-state index in [4.69, 9.17) is 46.4 Å². The van der Waals surface area contributed by atoms with E-state index in [-0.39, 0.29) is 22.0 Å². The first kappa shape index (κ1) is 24.4. The van der Waals surface area contributed by atoms with Gasteiger partial charge >= 0.3 is 5.97 Å². The number of halogens is 4. The minimum absolute atomic E-state index is 0.0429. The van der Waals surface area contributed by atoms with Crippen LogP contribution in [0.1, 0.15) is 15.9 Å². The number of nitrogens with one attached hydrogen (secondary N) is 1. The molecular weight excluding hydrogens is 516 g/mol. The number of carbonyl (C=O) groups excluding carboxylic acids is 1. The lowest BCUT2D eigenvalue weighted by molar-refractivity contribution is -0.139. The molecule has 0 bridgehead atoms. The molecule has 0 aliphatic heterocycles. The molecule has 1 amide bonds. The monoisotopic (exact) mass is 531 g/mol. The standard InChI is InChI=1S/C26H17Cl4NO3/c27-18-3-1-4-19(28)23(18)17-10-9-15-11-14(7-8-16(15)13-17)12-22(26(33)34)31-25(32)24-20(29)5-2-6-21(24)30/h1-11,13,22H,12H2,(H,31,32)(H,33,34). The van der Waals surface area contributed by atoms with Gasteiger partial charge in [0.15, 0.2) is 0 Å². The van der Waals surface area contributed by atoms with Crippen molar-refractivity contribution in [3.8, 4) is 11.1 Å². The summed E-state index contributed by atoms with van der Waals surface area (Å²) < 4.78 is 0. The lowest BCUT2D eigenvalue weighted by Crippen LogP contribution is -2.42. The maximum Gasteiger partial charge on any atom is 0.326 e. The van der Waals surface area contributed by atoms with E-state index >= 15 is 0 Å². The quantitative estimate of drug-likeness (QED) is 0.269. The van der Waals surface area contributed by atoms with Crippen LogP contribution in [0.4, 0.5) is 0 Å². The van der Waals surface area contributed by atoms with E-state index in [0.29, 0.717) is 10.0 Å². The third kappa shape index (κ3) is 5.16. The highest BCUT2D eigenvalue weighted by molar-refractivity contribution is 6.40. The van der Waals surface area contributed by atoms with Crippen LogP contribution in [0.5, 0.6) is 0 Å². The predicted molar refractivity (Wildman–Crippen MR) is 138 cm³/mol. The zero-order valence-electron chi connectivity index (χ0n) is 17.5. The number of carboxylic acids is 1. The van der Waals surface area contributed by atoms with E-state index in [9.17, 15) is 14.7 Å². The zero-order valence-corrected chi connectivity index (χ0v) is 20.5. The van der Waals surface area contributed by atoms with E-state index in [0.717, 1.165) is 27.5 Å². The minimum Gasteiger partial charge on any atom is -0.480 e. The van der Waals surface area contributed by atoms with Gasteiger partial charge < -0.3 is 10.4 Å². The van der Waals surface area contributed by atoms with Crippen molar-refractivity contribution in [1.82, 2.24) is 5.32 Å². The lowest BCUT2D eigenvalue weighted by atomic mass is 9.97. The van der Waals surface area contributed by atoms with Gasteiger partial charge in [-0.25, -0.2) is 4.79 Å². The molecule has 4 aromatic carbocycles. The molecule has 0 spiro atoms. The number of hydrogen-bond acceptors (Lipinski definition) is 2. The van der Waals surface area contributed by atoms with Crippen molar-refractivity contribution in [3.63, 3.8) is 0 Å². The molecule has 0 aliphatic carbocycles. The van der Waals surface area contributed by atoms with Crippen LogP contribution in [-0.2, 0) is 11.2 Å². The molecule has 34 heavy (non-hydrogen) atoms. The average molecular weight is 533 g/mol. The molecule has 4 rings (SSSR count). The number of hydrogen-bond donors (Lipinski definition) is 2. The molecule has 0 saturated heterocycles. The third-order valence-corrected chi connectivity index (χ3v) is 6.65. The number of aliphatic carboxylic acids is 1. The van der Waals surface area contributed by atoms with Crippen LogP contribution in [0.25, 0.3) is 21.9 Å². The fourth-order valence-electron chi connectivity index (χ4n) is 3.73. The number of carboxylic acid groups (broad SMARTS) is 1. The Morgan fingerprint density at radius 3 is 1.94 bits per heavy atom. The largest absolute Gasteiger partial charge is 0.480 e. The normalized spacial score (nSPS) is 11.9. The highest BCUT2D eigenvalue weighted by Crippen LogP contribution is 2.36. The summed E-state index contributed by atoms with van der Waals surface area (Å²) in [6.07, 6.45) is 0.0805. The molecule has 0 aromatic heterocycles. The maximum absolute atomic E-state index is 12.7. The predicted octanol–water partition coefficient (Wildman–Crippen LogP) is 7.55. The van der Waals surface area contributed by atoms with Gasteiger partial charge in [-0.3, -0.25) is 4.79 Å². The number of carbonyl (C=O) groups is 2. The van der Waals surface area contributed by atoms with Crippen molar-refractivity contribution in [3.05, 3.63) is 104 Å². The van der Waals surface area contributed by atoms with Crippen molar-refractivity contribution in [2.45, 2.75) is 12.5 Å². The average Bonchev–Trinajstić information content (AvgIpc) is 2.78. The molecule has 4 nitrogen and oxygen atoms in total. The molecule has 0 saturated carbocycles. The van der Waals surface area contributed by atoms with Crippen molar-refractivity contribution >= 4 is 69.1 Å². The summed E-state index contributed by atoms with van der Waals surface area (Å²) in [6.45, 7) is 0. The number of amides is 1. The van der Waals surface area contributed by atoms with Gasteiger partial charge in [0.2, 0.25) is 0 Å². The van der Waals surface area contributed by atoms with E-state index in [1.165, 1.54) is 12.1 Å². The third-order valence-electron chi connectivity index (χ3n) is 5.39. The maximum atomic E-state index is 12.7. The van der Waals surface area contributed by atoms with Crippen LogP contribution in [0.2, 0.25) is 20.1 Å². The Bertz CT molecular complexity index is 1380. The van der Waals surface area contributed by atoms with Crippen LogP contribution >= 0.6 is 46.4 Å². The Hall–Kier alpha value is -2.76. The number of rotatable bonds is 6. The van der Waals surface area contributed by atoms with Crippen LogP contribution in [0.3, 0.4) is 0 Å². The first-order chi connectivity index (χ1) is 16.2. The fraction of sp³-hybridized carbons (Fsp3) is 0.0769. The summed E-state index contributed by atoms with van der Waals surface area (Å²) in [7, 11) is 0. The topological polar surface area (TPSA) is 66.4 Å². The molecule has 4 aromatic rings. The Kier molecular flexibility index (Phi) is 7.34. The Labute approximate surface area is 216 Å². The highest BCUT2D eigenvalue weighted by Gasteiger charge is 2.24. The summed E-state index contributed by atoms with van der Waals surface area (Å²) >= 11 is 24.8. The first-order valence-corrected chi connectivity index (χ1v) is 11.7. The first-order valence-electron chi connectivity index (χ1n) is 10.2. The molecule has 1 unspecified atom stereocenters. The molecule has 0 fully saturated rings.